The van der Waals surface area contributed by atoms with Crippen LogP contribution in [0.1, 0.15) is 149 Å². The quantitative estimate of drug-likeness (QED) is 0.0160. The highest BCUT2D eigenvalue weighted by Crippen LogP contribution is 2.43. The first kappa shape index (κ1) is 48.7. The molecule has 0 saturated heterocycles. The van der Waals surface area contributed by atoms with Gasteiger partial charge in [0.1, 0.15) is 12.6 Å². The second-order valence-electron chi connectivity index (χ2n) is 12.9. The molecule has 0 aliphatic heterocycles. The second kappa shape index (κ2) is 33.5. The topological polar surface area (TPSA) is 192 Å². The van der Waals surface area contributed by atoms with E-state index >= 15 is 0 Å². The molecule has 0 aromatic carbocycles. The number of carboxylic acids is 1. The highest BCUT2D eigenvalue weighted by Gasteiger charge is 2.28. The Hall–Kier alpha value is -2.34. The zero-order valence-electron chi connectivity index (χ0n) is 31.3. The summed E-state index contributed by atoms with van der Waals surface area (Å²) in [4.78, 5) is 45.7. The molecule has 0 aromatic heterocycles. The van der Waals surface area contributed by atoms with Crippen molar-refractivity contribution in [3.63, 3.8) is 0 Å². The molecule has 5 N–H and O–H groups in total. The Bertz CT molecular complexity index is 1030. The molecule has 0 spiro atoms. The van der Waals surface area contributed by atoms with Gasteiger partial charge in [0.15, 0.2) is 6.10 Å². The number of carboxylic acid groups (broad SMARTS) is 1. The molecule has 0 saturated carbocycles. The Morgan fingerprint density at radius 2 is 1.25 bits per heavy atom. The summed E-state index contributed by atoms with van der Waals surface area (Å²) in [5, 5.41) is 18.7. The molecule has 296 valence electrons. The van der Waals surface area contributed by atoms with Gasteiger partial charge >= 0.3 is 25.7 Å². The van der Waals surface area contributed by atoms with Crippen molar-refractivity contribution in [2.45, 2.75) is 167 Å². The predicted molar refractivity (Wildman–Crippen MR) is 200 cm³/mol. The van der Waals surface area contributed by atoms with Crippen molar-refractivity contribution in [3.05, 3.63) is 36.5 Å². The summed E-state index contributed by atoms with van der Waals surface area (Å²) >= 11 is 0. The number of unbranched alkanes of at least 4 members (excludes halogenated alkanes) is 15. The number of rotatable bonds is 35. The van der Waals surface area contributed by atoms with Crippen LogP contribution in [0.5, 0.6) is 0 Å². The molecule has 0 bridgehead atoms. The fourth-order valence-corrected chi connectivity index (χ4v) is 5.70. The average Bonchev–Trinajstić information content (AvgIpc) is 3.09. The molecule has 0 amide bonds. The Morgan fingerprint density at radius 3 is 1.84 bits per heavy atom. The molecule has 0 rings (SSSR count). The molecule has 0 aliphatic rings. The minimum Gasteiger partial charge on any atom is -0.480 e. The predicted octanol–water partition coefficient (Wildman–Crippen LogP) is 8.25. The van der Waals surface area contributed by atoms with Crippen LogP contribution in [-0.2, 0) is 37.5 Å². The first-order chi connectivity index (χ1) is 24.5. The maximum Gasteiger partial charge on any atom is 0.472 e. The molecular weight excluding hydrogens is 677 g/mol. The maximum absolute atomic E-state index is 12.5. The molecule has 51 heavy (non-hydrogen) atoms. The number of allylic oxidation sites excluding steroid dienone is 4. The average molecular weight is 746 g/mol. The fraction of sp³-hybridized carbons (Fsp3) is 0.763. The summed E-state index contributed by atoms with van der Waals surface area (Å²) in [5.41, 5.74) is 5.31. The highest BCUT2D eigenvalue weighted by molar-refractivity contribution is 7.47. The van der Waals surface area contributed by atoms with Gasteiger partial charge in [-0.25, -0.2) is 4.57 Å². The standard InChI is InChI=1S/C38H68NO11P/c1-3-5-7-8-9-10-11-14-18-21-25-29-37(42)50-34(31-48-51(45,46)49-32-35(39)38(43)44)30-47-36(41)28-24-20-17-15-12-13-16-19-23-27-33(40)26-22-6-4-2/h6,16,19,22-23,27,33-35,40H,3-5,7-15,17-18,20-21,24-26,28-32,39H2,1-2H3,(H,43,44)(H,45,46)/b19-16+,22-6+,27-23+/t33?,34-,35+/m1/s1. The SMILES string of the molecule is CC/C=C/CC(O)/C=C/C=C/CCCCCCCC(=O)OC[C@H](COP(=O)(O)OC[C@H](N)C(=O)O)OC(=O)CCCCCCCCCCCCC. The summed E-state index contributed by atoms with van der Waals surface area (Å²) in [6.45, 7) is 2.52. The molecule has 12 nitrogen and oxygen atoms in total. The third kappa shape index (κ3) is 33.3. The number of esters is 2. The van der Waals surface area contributed by atoms with Crippen LogP contribution in [0.4, 0.5) is 0 Å². The molecule has 4 atom stereocenters. The van der Waals surface area contributed by atoms with E-state index in [1.54, 1.807) is 6.08 Å². The van der Waals surface area contributed by atoms with Gasteiger partial charge in [-0.1, -0.05) is 134 Å². The molecule has 13 heteroatoms. The molecular formula is C38H68NO11P. The molecule has 0 heterocycles. The summed E-state index contributed by atoms with van der Waals surface area (Å²) in [6, 6.07) is -1.53. The largest absolute Gasteiger partial charge is 0.480 e. The van der Waals surface area contributed by atoms with E-state index in [-0.39, 0.29) is 19.4 Å². The number of aliphatic hydroxyl groups excluding tert-OH is 1. The lowest BCUT2D eigenvalue weighted by Gasteiger charge is -2.20. The van der Waals surface area contributed by atoms with Crippen LogP contribution < -0.4 is 5.73 Å². The van der Waals surface area contributed by atoms with Crippen molar-refractivity contribution in [3.8, 4) is 0 Å². The zero-order chi connectivity index (χ0) is 38.0. The number of phosphoric ester groups is 1. The fourth-order valence-electron chi connectivity index (χ4n) is 4.92. The van der Waals surface area contributed by atoms with Crippen molar-refractivity contribution in [2.75, 3.05) is 19.8 Å². The summed E-state index contributed by atoms with van der Waals surface area (Å²) in [6.07, 6.45) is 29.8. The number of aliphatic carboxylic acids is 1. The lowest BCUT2D eigenvalue weighted by atomic mass is 10.1. The van der Waals surface area contributed by atoms with Crippen LogP contribution in [-0.4, -0.2) is 71.1 Å². The third-order valence-electron chi connectivity index (χ3n) is 7.98. The van der Waals surface area contributed by atoms with E-state index in [1.807, 2.05) is 24.3 Å². The van der Waals surface area contributed by atoms with Gasteiger partial charge in [0.25, 0.3) is 0 Å². The number of phosphoric acid groups is 1. The van der Waals surface area contributed by atoms with Gasteiger partial charge in [-0.2, -0.15) is 0 Å². The minimum atomic E-state index is -4.72. The third-order valence-corrected chi connectivity index (χ3v) is 8.93. The Kier molecular flexibility index (Phi) is 32.0. The minimum absolute atomic E-state index is 0.148. The summed E-state index contributed by atoms with van der Waals surface area (Å²) < 4.78 is 32.5. The molecule has 0 aromatic rings. The van der Waals surface area contributed by atoms with Gasteiger partial charge in [-0.05, 0) is 38.5 Å². The Balaban J connectivity index is 4.49. The highest BCUT2D eigenvalue weighted by atomic mass is 31.2. The first-order valence-corrected chi connectivity index (χ1v) is 20.6. The number of ether oxygens (including phenoxy) is 2. The number of hydrogen-bond acceptors (Lipinski definition) is 10. The molecule has 0 radical (unpaired) electrons. The van der Waals surface area contributed by atoms with Crippen molar-refractivity contribution in [2.24, 2.45) is 5.73 Å². The van der Waals surface area contributed by atoms with E-state index in [2.05, 4.69) is 24.4 Å². The van der Waals surface area contributed by atoms with Crippen LogP contribution in [0.15, 0.2) is 36.5 Å². The summed E-state index contributed by atoms with van der Waals surface area (Å²) in [7, 11) is -4.72. The van der Waals surface area contributed by atoms with Crippen LogP contribution in [0.25, 0.3) is 0 Å². The van der Waals surface area contributed by atoms with Gasteiger partial charge in [0.05, 0.1) is 19.3 Å². The smallest absolute Gasteiger partial charge is 0.472 e. The summed E-state index contributed by atoms with van der Waals surface area (Å²) in [5.74, 6) is -2.44. The van der Waals surface area contributed by atoms with Crippen molar-refractivity contribution in [1.29, 1.82) is 0 Å². The molecule has 2 unspecified atom stereocenters. The van der Waals surface area contributed by atoms with Crippen LogP contribution in [0.3, 0.4) is 0 Å². The number of aliphatic hydroxyl groups is 1. The van der Waals surface area contributed by atoms with Crippen molar-refractivity contribution >= 4 is 25.7 Å². The van der Waals surface area contributed by atoms with Gasteiger partial charge < -0.3 is 30.3 Å². The lowest BCUT2D eigenvalue weighted by Crippen LogP contribution is -2.34. The van der Waals surface area contributed by atoms with Crippen LogP contribution in [0.2, 0.25) is 0 Å². The van der Waals surface area contributed by atoms with E-state index in [1.165, 1.54) is 44.9 Å². The van der Waals surface area contributed by atoms with Gasteiger partial charge in [0, 0.05) is 12.8 Å². The van der Waals surface area contributed by atoms with Gasteiger partial charge in [0.2, 0.25) is 0 Å². The normalized spacial score (nSPS) is 14.9. The number of hydrogen-bond donors (Lipinski definition) is 4. The van der Waals surface area contributed by atoms with E-state index < -0.39 is 57.2 Å². The second-order valence-corrected chi connectivity index (χ2v) is 14.3. The van der Waals surface area contributed by atoms with E-state index in [0.717, 1.165) is 57.8 Å². The van der Waals surface area contributed by atoms with E-state index in [9.17, 15) is 28.9 Å². The monoisotopic (exact) mass is 745 g/mol. The van der Waals surface area contributed by atoms with Gasteiger partial charge in [-0.3, -0.25) is 23.4 Å². The van der Waals surface area contributed by atoms with E-state index in [4.69, 9.17) is 24.8 Å². The number of carbonyl (C=O) groups is 3. The molecule has 0 aliphatic carbocycles. The van der Waals surface area contributed by atoms with Crippen LogP contribution in [0, 0.1) is 0 Å². The lowest BCUT2D eigenvalue weighted by molar-refractivity contribution is -0.161. The first-order valence-electron chi connectivity index (χ1n) is 19.1. The van der Waals surface area contributed by atoms with E-state index in [0.29, 0.717) is 19.3 Å². The zero-order valence-corrected chi connectivity index (χ0v) is 32.2. The van der Waals surface area contributed by atoms with Gasteiger partial charge in [-0.15, -0.1) is 0 Å². The van der Waals surface area contributed by atoms with Crippen molar-refractivity contribution in [1.82, 2.24) is 0 Å². The van der Waals surface area contributed by atoms with Crippen molar-refractivity contribution < 1.29 is 52.6 Å². The van der Waals surface area contributed by atoms with Crippen LogP contribution >= 0.6 is 7.82 Å². The Morgan fingerprint density at radius 1 is 0.706 bits per heavy atom. The maximum atomic E-state index is 12.5. The number of nitrogens with two attached hydrogens (primary N) is 1. The molecule has 0 fully saturated rings. The Labute approximate surface area is 306 Å². The number of carbonyl (C=O) groups excluding carboxylic acids is 2.